The van der Waals surface area contributed by atoms with E-state index in [-0.39, 0.29) is 12.4 Å². The molecule has 4 aliphatic rings. The molecule has 0 aromatic heterocycles. The lowest BCUT2D eigenvalue weighted by Gasteiger charge is -2.62. The van der Waals surface area contributed by atoms with Crippen LogP contribution in [0.25, 0.3) is 0 Å². The van der Waals surface area contributed by atoms with E-state index in [1.54, 1.807) is 12.0 Å². The third-order valence-corrected chi connectivity index (χ3v) is 6.49. The molecule has 116 valence electrons. The maximum Gasteiger partial charge on any atom is -0.00464 e. The molecule has 0 aliphatic heterocycles. The fraction of sp³-hybridized carbons (Fsp3) is 0.684. The molecule has 4 aliphatic carbocycles. The average molecular weight is 306 g/mol. The van der Waals surface area contributed by atoms with Crippen molar-refractivity contribution in [1.29, 1.82) is 0 Å². The van der Waals surface area contributed by atoms with Crippen LogP contribution in [-0.2, 0) is 0 Å². The van der Waals surface area contributed by atoms with Gasteiger partial charge in [-0.1, -0.05) is 30.3 Å². The number of rotatable bonds is 4. The molecule has 1 N–H and O–H groups in total. The molecule has 0 saturated heterocycles. The van der Waals surface area contributed by atoms with Gasteiger partial charge in [0.05, 0.1) is 0 Å². The van der Waals surface area contributed by atoms with Gasteiger partial charge >= 0.3 is 0 Å². The van der Waals surface area contributed by atoms with Crippen LogP contribution in [0.15, 0.2) is 30.3 Å². The van der Waals surface area contributed by atoms with Crippen LogP contribution in [0.1, 0.15) is 50.0 Å². The van der Waals surface area contributed by atoms with Gasteiger partial charge in [0.1, 0.15) is 0 Å². The van der Waals surface area contributed by atoms with E-state index in [1.807, 2.05) is 0 Å². The maximum absolute atomic E-state index is 3.41. The van der Waals surface area contributed by atoms with Gasteiger partial charge in [-0.25, -0.2) is 0 Å². The van der Waals surface area contributed by atoms with Gasteiger partial charge in [-0.2, -0.15) is 0 Å². The molecule has 4 fully saturated rings. The zero-order valence-electron chi connectivity index (χ0n) is 13.1. The molecule has 3 atom stereocenters. The standard InChI is InChI=1S/C19H27N.ClH/c1-20-8-7-19-12-14-9-15(13-19)11-17(10-14)18(19)16-5-3-2-4-6-16;/h2-6,14-15,17-18,20H,7-13H2,1H3;1H. The van der Waals surface area contributed by atoms with Crippen LogP contribution in [0, 0.1) is 23.2 Å². The van der Waals surface area contributed by atoms with Crippen LogP contribution in [0.2, 0.25) is 0 Å². The third kappa shape index (κ3) is 2.53. The highest BCUT2D eigenvalue weighted by Gasteiger charge is 2.56. The van der Waals surface area contributed by atoms with Crippen molar-refractivity contribution in [2.45, 2.75) is 44.4 Å². The molecule has 21 heavy (non-hydrogen) atoms. The topological polar surface area (TPSA) is 12.0 Å². The Hall–Kier alpha value is -0.530. The van der Waals surface area contributed by atoms with Crippen LogP contribution in [0.4, 0.5) is 0 Å². The van der Waals surface area contributed by atoms with Crippen molar-refractivity contribution in [2.75, 3.05) is 13.6 Å². The lowest BCUT2D eigenvalue weighted by molar-refractivity contribution is -0.0794. The number of nitrogens with one attached hydrogen (secondary N) is 1. The first-order valence-corrected chi connectivity index (χ1v) is 8.50. The summed E-state index contributed by atoms with van der Waals surface area (Å²) in [5.41, 5.74) is 2.24. The van der Waals surface area contributed by atoms with E-state index in [9.17, 15) is 0 Å². The summed E-state index contributed by atoms with van der Waals surface area (Å²) < 4.78 is 0. The van der Waals surface area contributed by atoms with Gasteiger partial charge in [0, 0.05) is 0 Å². The molecule has 5 rings (SSSR count). The first-order chi connectivity index (χ1) is 9.81. The van der Waals surface area contributed by atoms with Crippen LogP contribution in [0.5, 0.6) is 0 Å². The summed E-state index contributed by atoms with van der Waals surface area (Å²) in [4.78, 5) is 0. The van der Waals surface area contributed by atoms with Crippen molar-refractivity contribution in [2.24, 2.45) is 23.2 Å². The number of halogens is 1. The molecular formula is C19H28ClN. The molecule has 0 heterocycles. The molecule has 1 nitrogen and oxygen atoms in total. The van der Waals surface area contributed by atoms with Gasteiger partial charge in [-0.15, -0.1) is 12.4 Å². The molecule has 4 saturated carbocycles. The lowest BCUT2D eigenvalue weighted by atomic mass is 9.43. The van der Waals surface area contributed by atoms with Gasteiger partial charge in [-0.05, 0) is 86.8 Å². The van der Waals surface area contributed by atoms with E-state index < -0.39 is 0 Å². The van der Waals surface area contributed by atoms with Crippen molar-refractivity contribution in [3.05, 3.63) is 35.9 Å². The highest BCUT2D eigenvalue weighted by molar-refractivity contribution is 5.85. The molecular weight excluding hydrogens is 278 g/mol. The van der Waals surface area contributed by atoms with Crippen LogP contribution in [0.3, 0.4) is 0 Å². The van der Waals surface area contributed by atoms with Gasteiger partial charge in [0.25, 0.3) is 0 Å². The van der Waals surface area contributed by atoms with Crippen molar-refractivity contribution in [3.63, 3.8) is 0 Å². The fourth-order valence-electron chi connectivity index (χ4n) is 6.23. The Morgan fingerprint density at radius 1 is 1.05 bits per heavy atom. The van der Waals surface area contributed by atoms with E-state index >= 15 is 0 Å². The predicted octanol–water partition coefficient (Wildman–Crippen LogP) is 4.63. The normalized spacial score (nSPS) is 40.0. The summed E-state index contributed by atoms with van der Waals surface area (Å²) in [5, 5.41) is 3.41. The van der Waals surface area contributed by atoms with Gasteiger partial charge in [-0.3, -0.25) is 0 Å². The van der Waals surface area contributed by atoms with E-state index in [0.29, 0.717) is 5.41 Å². The Kier molecular flexibility index (Phi) is 4.34. The smallest absolute Gasteiger partial charge is 0.00464 e. The summed E-state index contributed by atoms with van der Waals surface area (Å²) >= 11 is 0. The summed E-state index contributed by atoms with van der Waals surface area (Å²) in [5.74, 6) is 3.90. The number of benzene rings is 1. The fourth-order valence-corrected chi connectivity index (χ4v) is 6.23. The zero-order valence-corrected chi connectivity index (χ0v) is 13.9. The molecule has 1 aromatic rings. The minimum Gasteiger partial charge on any atom is -0.320 e. The molecule has 3 unspecified atom stereocenters. The summed E-state index contributed by atoms with van der Waals surface area (Å²) in [6.45, 7) is 1.19. The Bertz CT molecular complexity index is 458. The summed E-state index contributed by atoms with van der Waals surface area (Å²) in [6.07, 6.45) is 8.95. The van der Waals surface area contributed by atoms with Crippen molar-refractivity contribution < 1.29 is 0 Å². The first kappa shape index (κ1) is 15.4. The second-order valence-electron chi connectivity index (χ2n) is 7.71. The molecule has 0 amide bonds. The quantitative estimate of drug-likeness (QED) is 0.855. The van der Waals surface area contributed by atoms with E-state index in [4.69, 9.17) is 0 Å². The van der Waals surface area contributed by atoms with Gasteiger partial charge in [0.15, 0.2) is 0 Å². The predicted molar refractivity (Wildman–Crippen MR) is 91.0 cm³/mol. The van der Waals surface area contributed by atoms with Crippen molar-refractivity contribution in [3.8, 4) is 0 Å². The van der Waals surface area contributed by atoms with E-state index in [0.717, 1.165) is 23.7 Å². The van der Waals surface area contributed by atoms with Gasteiger partial charge < -0.3 is 5.32 Å². The first-order valence-electron chi connectivity index (χ1n) is 8.50. The molecule has 0 spiro atoms. The number of hydrogen-bond donors (Lipinski definition) is 1. The maximum atomic E-state index is 3.41. The molecule has 1 aromatic carbocycles. The Morgan fingerprint density at radius 3 is 2.33 bits per heavy atom. The second-order valence-corrected chi connectivity index (χ2v) is 7.71. The second kappa shape index (κ2) is 5.93. The third-order valence-electron chi connectivity index (χ3n) is 6.49. The van der Waals surface area contributed by atoms with E-state index in [1.165, 1.54) is 38.6 Å². The molecule has 0 radical (unpaired) electrons. The van der Waals surface area contributed by atoms with Crippen LogP contribution < -0.4 is 5.32 Å². The molecule has 4 bridgehead atoms. The Balaban J connectivity index is 0.00000132. The van der Waals surface area contributed by atoms with Gasteiger partial charge in [0.2, 0.25) is 0 Å². The molecule has 2 heteroatoms. The minimum absolute atomic E-state index is 0. The number of hydrogen-bond acceptors (Lipinski definition) is 1. The van der Waals surface area contributed by atoms with Crippen LogP contribution >= 0.6 is 12.4 Å². The SMILES string of the molecule is CNCCC12CC3CC(CC(C3)C1c1ccccc1)C2.Cl. The Morgan fingerprint density at radius 2 is 1.71 bits per heavy atom. The highest BCUT2D eigenvalue weighted by Crippen LogP contribution is 2.67. The zero-order chi connectivity index (χ0) is 13.6. The monoisotopic (exact) mass is 305 g/mol. The highest BCUT2D eigenvalue weighted by atomic mass is 35.5. The van der Waals surface area contributed by atoms with Crippen LogP contribution in [-0.4, -0.2) is 13.6 Å². The largest absolute Gasteiger partial charge is 0.320 e. The van der Waals surface area contributed by atoms with Crippen molar-refractivity contribution >= 4 is 12.4 Å². The Labute approximate surface area is 135 Å². The average Bonchev–Trinajstić information content (AvgIpc) is 2.45. The lowest BCUT2D eigenvalue weighted by Crippen LogP contribution is -2.52. The van der Waals surface area contributed by atoms with Crippen molar-refractivity contribution in [1.82, 2.24) is 5.32 Å². The summed E-state index contributed by atoms with van der Waals surface area (Å²) in [7, 11) is 2.11. The minimum atomic E-state index is 0. The summed E-state index contributed by atoms with van der Waals surface area (Å²) in [6, 6.07) is 11.4. The van der Waals surface area contributed by atoms with E-state index in [2.05, 4.69) is 42.7 Å².